The molecule has 1 unspecified atom stereocenters. The van der Waals surface area contributed by atoms with Gasteiger partial charge in [0.2, 0.25) is 0 Å². The van der Waals surface area contributed by atoms with E-state index in [4.69, 9.17) is 0 Å². The van der Waals surface area contributed by atoms with Crippen molar-refractivity contribution in [2.75, 3.05) is 0 Å². The van der Waals surface area contributed by atoms with E-state index in [1.807, 2.05) is 0 Å². The standard InChI is InChI=1S/C14H24BrN3/c1-4-9-18-12(10-15)16-17-13(18)11-7-5-6-8-14(11,2)3/h11H,4-10H2,1-3H3. The molecule has 18 heavy (non-hydrogen) atoms. The summed E-state index contributed by atoms with van der Waals surface area (Å²) >= 11 is 3.52. The predicted octanol–water partition coefficient (Wildman–Crippen LogP) is 4.27. The van der Waals surface area contributed by atoms with Gasteiger partial charge in [0.05, 0.1) is 5.33 Å². The van der Waals surface area contributed by atoms with Gasteiger partial charge in [-0.3, -0.25) is 0 Å². The maximum absolute atomic E-state index is 4.51. The molecule has 4 heteroatoms. The molecule has 0 aliphatic heterocycles. The highest BCUT2D eigenvalue weighted by Gasteiger charge is 2.36. The molecule has 0 radical (unpaired) electrons. The van der Waals surface area contributed by atoms with Crippen LogP contribution in [0.1, 0.15) is 70.4 Å². The normalized spacial score (nSPS) is 23.2. The second-order valence-corrected chi connectivity index (χ2v) is 6.61. The maximum atomic E-state index is 4.51. The molecule has 1 heterocycles. The van der Waals surface area contributed by atoms with Gasteiger partial charge in [0.15, 0.2) is 0 Å². The second-order valence-electron chi connectivity index (χ2n) is 6.05. The summed E-state index contributed by atoms with van der Waals surface area (Å²) in [6, 6.07) is 0. The highest BCUT2D eigenvalue weighted by Crippen LogP contribution is 2.46. The van der Waals surface area contributed by atoms with Crippen LogP contribution in [0, 0.1) is 5.41 Å². The van der Waals surface area contributed by atoms with Gasteiger partial charge in [0.1, 0.15) is 11.6 Å². The third kappa shape index (κ3) is 2.63. The minimum Gasteiger partial charge on any atom is -0.314 e. The van der Waals surface area contributed by atoms with Crippen molar-refractivity contribution in [3.05, 3.63) is 11.6 Å². The molecule has 1 fully saturated rings. The Kier molecular flexibility index (Phi) is 4.46. The van der Waals surface area contributed by atoms with Gasteiger partial charge in [-0.1, -0.05) is 49.5 Å². The molecule has 102 valence electrons. The minimum atomic E-state index is 0.361. The number of rotatable bonds is 4. The van der Waals surface area contributed by atoms with Gasteiger partial charge in [-0.25, -0.2) is 0 Å². The van der Waals surface area contributed by atoms with Gasteiger partial charge in [-0.05, 0) is 24.7 Å². The van der Waals surface area contributed by atoms with Crippen LogP contribution in [-0.4, -0.2) is 14.8 Å². The average molecular weight is 314 g/mol. The molecule has 0 saturated heterocycles. The zero-order chi connectivity index (χ0) is 13.2. The molecule has 1 atom stereocenters. The number of hydrogen-bond acceptors (Lipinski definition) is 2. The van der Waals surface area contributed by atoms with Gasteiger partial charge < -0.3 is 4.57 Å². The van der Waals surface area contributed by atoms with Crippen molar-refractivity contribution in [3.63, 3.8) is 0 Å². The Morgan fingerprint density at radius 1 is 1.33 bits per heavy atom. The molecule has 0 N–H and O–H groups in total. The Hall–Kier alpha value is -0.380. The molecular weight excluding hydrogens is 290 g/mol. The fourth-order valence-corrected chi connectivity index (χ4v) is 3.56. The Labute approximate surface area is 118 Å². The van der Waals surface area contributed by atoms with E-state index in [1.54, 1.807) is 0 Å². The van der Waals surface area contributed by atoms with E-state index < -0.39 is 0 Å². The minimum absolute atomic E-state index is 0.361. The lowest BCUT2D eigenvalue weighted by atomic mass is 9.68. The van der Waals surface area contributed by atoms with Crippen molar-refractivity contribution >= 4 is 15.9 Å². The van der Waals surface area contributed by atoms with Gasteiger partial charge in [-0.2, -0.15) is 0 Å². The summed E-state index contributed by atoms with van der Waals surface area (Å²) in [6.07, 6.45) is 6.39. The molecule has 0 aromatic carbocycles. The fraction of sp³-hybridized carbons (Fsp3) is 0.857. The number of alkyl halides is 1. The molecule has 1 aliphatic rings. The largest absolute Gasteiger partial charge is 0.314 e. The van der Waals surface area contributed by atoms with Crippen LogP contribution in [0.5, 0.6) is 0 Å². The van der Waals surface area contributed by atoms with Crippen LogP contribution >= 0.6 is 15.9 Å². The molecular formula is C14H24BrN3. The molecule has 1 saturated carbocycles. The Balaban J connectivity index is 2.34. The van der Waals surface area contributed by atoms with Crippen molar-refractivity contribution in [3.8, 4) is 0 Å². The van der Waals surface area contributed by atoms with Crippen molar-refractivity contribution in [2.24, 2.45) is 5.41 Å². The van der Waals surface area contributed by atoms with E-state index in [-0.39, 0.29) is 0 Å². The SMILES string of the molecule is CCCn1c(CBr)nnc1C1CCCCC1(C)C. The number of hydrogen-bond donors (Lipinski definition) is 0. The lowest BCUT2D eigenvalue weighted by Gasteiger charge is -2.38. The summed E-state index contributed by atoms with van der Waals surface area (Å²) in [4.78, 5) is 0. The van der Waals surface area contributed by atoms with E-state index in [2.05, 4.69) is 51.5 Å². The summed E-state index contributed by atoms with van der Waals surface area (Å²) < 4.78 is 2.34. The van der Waals surface area contributed by atoms with Crippen LogP contribution < -0.4 is 0 Å². The number of nitrogens with zero attached hydrogens (tertiary/aromatic N) is 3. The van der Waals surface area contributed by atoms with Crippen LogP contribution in [0.2, 0.25) is 0 Å². The monoisotopic (exact) mass is 313 g/mol. The highest BCUT2D eigenvalue weighted by molar-refractivity contribution is 9.08. The summed E-state index contributed by atoms with van der Waals surface area (Å²) in [5.41, 5.74) is 0.361. The Bertz CT molecular complexity index is 398. The van der Waals surface area contributed by atoms with Crippen LogP contribution in [0.25, 0.3) is 0 Å². The van der Waals surface area contributed by atoms with Crippen LogP contribution in [0.15, 0.2) is 0 Å². The zero-order valence-electron chi connectivity index (χ0n) is 11.7. The van der Waals surface area contributed by atoms with Gasteiger partial charge in [0.25, 0.3) is 0 Å². The lowest BCUT2D eigenvalue weighted by Crippen LogP contribution is -2.28. The van der Waals surface area contributed by atoms with E-state index in [9.17, 15) is 0 Å². The molecule has 0 bridgehead atoms. The molecule has 1 aromatic rings. The zero-order valence-corrected chi connectivity index (χ0v) is 13.3. The summed E-state index contributed by atoms with van der Waals surface area (Å²) in [5, 5.41) is 9.67. The average Bonchev–Trinajstić information content (AvgIpc) is 2.72. The highest BCUT2D eigenvalue weighted by atomic mass is 79.9. The van der Waals surface area contributed by atoms with Crippen molar-refractivity contribution in [2.45, 2.75) is 70.7 Å². The van der Waals surface area contributed by atoms with Crippen LogP contribution in [-0.2, 0) is 11.9 Å². The maximum Gasteiger partial charge on any atom is 0.143 e. The van der Waals surface area contributed by atoms with Crippen LogP contribution in [0.4, 0.5) is 0 Å². The summed E-state index contributed by atoms with van der Waals surface area (Å²) in [7, 11) is 0. The van der Waals surface area contributed by atoms with Crippen LogP contribution in [0.3, 0.4) is 0 Å². The van der Waals surface area contributed by atoms with Crippen molar-refractivity contribution < 1.29 is 0 Å². The molecule has 0 spiro atoms. The van der Waals surface area contributed by atoms with E-state index in [0.29, 0.717) is 11.3 Å². The first-order chi connectivity index (χ1) is 8.60. The predicted molar refractivity (Wildman–Crippen MR) is 77.9 cm³/mol. The van der Waals surface area contributed by atoms with Crippen molar-refractivity contribution in [1.82, 2.24) is 14.8 Å². The molecule has 2 rings (SSSR count). The van der Waals surface area contributed by atoms with E-state index >= 15 is 0 Å². The molecule has 3 nitrogen and oxygen atoms in total. The third-order valence-corrected chi connectivity index (χ3v) is 4.74. The smallest absolute Gasteiger partial charge is 0.143 e. The van der Waals surface area contributed by atoms with Crippen molar-refractivity contribution in [1.29, 1.82) is 0 Å². The molecule has 0 amide bonds. The third-order valence-electron chi connectivity index (χ3n) is 4.24. The fourth-order valence-electron chi connectivity index (χ4n) is 3.15. The quantitative estimate of drug-likeness (QED) is 0.777. The second kappa shape index (κ2) is 5.72. The van der Waals surface area contributed by atoms with E-state index in [1.165, 1.54) is 31.5 Å². The Morgan fingerprint density at radius 3 is 2.72 bits per heavy atom. The number of aromatic nitrogens is 3. The summed E-state index contributed by atoms with van der Waals surface area (Å²) in [5.74, 6) is 2.86. The lowest BCUT2D eigenvalue weighted by molar-refractivity contribution is 0.188. The molecule has 1 aromatic heterocycles. The number of halogens is 1. The van der Waals surface area contributed by atoms with Gasteiger partial charge in [-0.15, -0.1) is 10.2 Å². The Morgan fingerprint density at radius 2 is 2.11 bits per heavy atom. The molecule has 1 aliphatic carbocycles. The van der Waals surface area contributed by atoms with Gasteiger partial charge in [0, 0.05) is 12.5 Å². The summed E-state index contributed by atoms with van der Waals surface area (Å²) in [6.45, 7) is 8.02. The first-order valence-corrected chi connectivity index (χ1v) is 8.20. The van der Waals surface area contributed by atoms with E-state index in [0.717, 1.165) is 24.1 Å². The first-order valence-electron chi connectivity index (χ1n) is 7.08. The topological polar surface area (TPSA) is 30.7 Å². The van der Waals surface area contributed by atoms with Gasteiger partial charge >= 0.3 is 0 Å². The first kappa shape index (κ1) is 14.0.